The lowest BCUT2D eigenvalue weighted by atomic mass is 10.0. The first-order valence-electron chi connectivity index (χ1n) is 10.0. The van der Waals surface area contributed by atoms with Crippen LogP contribution in [-0.4, -0.2) is 28.1 Å². The van der Waals surface area contributed by atoms with Crippen molar-refractivity contribution in [2.75, 3.05) is 18.4 Å². The number of sulfonamides is 1. The molecular weight excluding hydrogens is 409 g/mol. The monoisotopic (exact) mass is 437 g/mol. The molecule has 0 bridgehead atoms. The zero-order valence-corrected chi connectivity index (χ0v) is 18.3. The summed E-state index contributed by atoms with van der Waals surface area (Å²) in [6, 6.07) is 6.85. The third-order valence-corrected chi connectivity index (χ3v) is 6.74. The summed E-state index contributed by atoms with van der Waals surface area (Å²) in [5.41, 5.74) is 1.39. The highest BCUT2D eigenvalue weighted by atomic mass is 32.2. The summed E-state index contributed by atoms with van der Waals surface area (Å²) in [6.45, 7) is 6.24. The van der Waals surface area contributed by atoms with Crippen LogP contribution in [0.5, 0.6) is 5.75 Å². The average molecular weight is 438 g/mol. The van der Waals surface area contributed by atoms with Crippen molar-refractivity contribution in [2.24, 2.45) is 5.92 Å². The molecule has 1 saturated carbocycles. The third-order valence-electron chi connectivity index (χ3n) is 5.28. The van der Waals surface area contributed by atoms with Gasteiger partial charge in [0.25, 0.3) is 10.0 Å². The number of methoxy groups -OCH3 is 1. The van der Waals surface area contributed by atoms with Crippen LogP contribution in [0.4, 0.5) is 10.1 Å². The van der Waals surface area contributed by atoms with E-state index in [4.69, 9.17) is 9.47 Å². The van der Waals surface area contributed by atoms with Crippen LogP contribution in [-0.2, 0) is 21.2 Å². The van der Waals surface area contributed by atoms with Crippen LogP contribution in [0.15, 0.2) is 35.2 Å². The minimum Gasteiger partial charge on any atom is -0.492 e. The number of anilines is 1. The normalized spacial score (nSPS) is 18.7. The molecule has 0 spiro atoms. The van der Waals surface area contributed by atoms with Gasteiger partial charge in [0, 0.05) is 7.34 Å². The number of aryl methyl sites for hydroxylation is 1. The Kier molecular flexibility index (Phi) is 6.36. The number of ether oxygens (including phenoxy) is 2. The Labute approximate surface area is 177 Å². The van der Waals surface area contributed by atoms with E-state index in [0.717, 1.165) is 18.1 Å². The van der Waals surface area contributed by atoms with Gasteiger partial charge in [-0.25, -0.2) is 17.6 Å². The van der Waals surface area contributed by atoms with E-state index in [9.17, 15) is 17.6 Å². The summed E-state index contributed by atoms with van der Waals surface area (Å²) >= 11 is 0. The number of halogens is 1. The Morgan fingerprint density at radius 2 is 2.03 bits per heavy atom. The van der Waals surface area contributed by atoms with Crippen molar-refractivity contribution >= 4 is 21.7 Å². The molecule has 1 heterocycles. The van der Waals surface area contributed by atoms with Gasteiger partial charge in [-0.3, -0.25) is 4.72 Å². The van der Waals surface area contributed by atoms with Gasteiger partial charge in [-0.05, 0) is 54.2 Å². The lowest BCUT2D eigenvalue weighted by molar-refractivity contribution is 0.0596. The number of hydrogen-bond acceptors (Lipinski definition) is 5. The Hall–Kier alpha value is -2.61. The molecular formula is C22H28FNO5S. The van der Waals surface area contributed by atoms with E-state index >= 15 is 0 Å². The Morgan fingerprint density at radius 3 is 2.70 bits per heavy atom. The van der Waals surface area contributed by atoms with Crippen molar-refractivity contribution in [2.45, 2.75) is 44.4 Å². The van der Waals surface area contributed by atoms with Crippen molar-refractivity contribution in [3.05, 3.63) is 52.8 Å². The number of carbonyl (C=O) groups is 1. The largest absolute Gasteiger partial charge is 0.492 e. The van der Waals surface area contributed by atoms with E-state index in [0.29, 0.717) is 36.2 Å². The van der Waals surface area contributed by atoms with E-state index in [1.54, 1.807) is 19.1 Å². The molecule has 1 fully saturated rings. The molecule has 1 aliphatic carbocycles. The van der Waals surface area contributed by atoms with Crippen LogP contribution >= 0.6 is 0 Å². The van der Waals surface area contributed by atoms with Crippen molar-refractivity contribution in [1.29, 1.82) is 0 Å². The van der Waals surface area contributed by atoms with E-state index in [1.807, 2.05) is 13.8 Å². The standard InChI is InChI=1S/C20H20FNO5S.C2H6.H2/c1-3-11-8-13(21)4-7-17(11)28(24,25)22-16-6-5-14-15-9-12(15)10-27-19(14)18(16)20(23)26-2;1-2;/h4-8,12,15,22H,3,9-10H2,1-2H3;1-2H3;1H/t12-,15-;;/m0../s1. The SMILES string of the molecule is CC.CCc1cc(F)ccc1S(=O)(=O)Nc1ccc2c(c1C(=O)OC)OC[C@@H]1C[C@H]21.[HH]. The quantitative estimate of drug-likeness (QED) is 0.683. The topological polar surface area (TPSA) is 81.7 Å². The second-order valence-corrected chi connectivity index (χ2v) is 8.67. The Balaban J connectivity index is 0.00000111. The molecule has 1 aliphatic heterocycles. The number of esters is 1. The average Bonchev–Trinajstić information content (AvgIpc) is 3.54. The van der Waals surface area contributed by atoms with Gasteiger partial charge in [-0.15, -0.1) is 0 Å². The van der Waals surface area contributed by atoms with E-state index in [-0.39, 0.29) is 17.6 Å². The van der Waals surface area contributed by atoms with Crippen LogP contribution < -0.4 is 9.46 Å². The lowest BCUT2D eigenvalue weighted by Gasteiger charge is -2.22. The summed E-state index contributed by atoms with van der Waals surface area (Å²) in [5.74, 6) is -0.0233. The smallest absolute Gasteiger partial charge is 0.343 e. The minimum atomic E-state index is -4.05. The van der Waals surface area contributed by atoms with Gasteiger partial charge in [-0.2, -0.15) is 0 Å². The highest BCUT2D eigenvalue weighted by Crippen LogP contribution is 2.55. The molecule has 4 rings (SSSR count). The summed E-state index contributed by atoms with van der Waals surface area (Å²) in [4.78, 5) is 12.4. The van der Waals surface area contributed by atoms with E-state index < -0.39 is 21.8 Å². The van der Waals surface area contributed by atoms with Crippen molar-refractivity contribution in [1.82, 2.24) is 0 Å². The van der Waals surface area contributed by atoms with Crippen molar-refractivity contribution in [3.8, 4) is 5.75 Å². The van der Waals surface area contributed by atoms with Gasteiger partial charge >= 0.3 is 5.97 Å². The molecule has 6 nitrogen and oxygen atoms in total. The first-order valence-corrected chi connectivity index (χ1v) is 11.5. The molecule has 1 N–H and O–H groups in total. The van der Waals surface area contributed by atoms with E-state index in [2.05, 4.69) is 4.72 Å². The highest BCUT2D eigenvalue weighted by Gasteiger charge is 2.45. The maximum atomic E-state index is 13.5. The molecule has 0 saturated heterocycles. The number of rotatable bonds is 5. The first-order chi connectivity index (χ1) is 14.4. The fourth-order valence-corrected chi connectivity index (χ4v) is 5.09. The molecule has 8 heteroatoms. The zero-order valence-electron chi connectivity index (χ0n) is 17.5. The van der Waals surface area contributed by atoms with Gasteiger partial charge in [-0.1, -0.05) is 26.8 Å². The number of fused-ring (bicyclic) bond motifs is 3. The molecule has 0 unspecified atom stereocenters. The van der Waals surface area contributed by atoms with Gasteiger partial charge in [0.1, 0.15) is 17.1 Å². The van der Waals surface area contributed by atoms with Crippen LogP contribution in [0.2, 0.25) is 0 Å². The third kappa shape index (κ3) is 4.01. The Morgan fingerprint density at radius 1 is 1.30 bits per heavy atom. The Bertz CT molecular complexity index is 1070. The molecule has 0 aromatic heterocycles. The number of nitrogens with one attached hydrogen (secondary N) is 1. The molecule has 2 aliphatic rings. The predicted octanol–water partition coefficient (Wildman–Crippen LogP) is 4.74. The van der Waals surface area contributed by atoms with Gasteiger partial charge in [0.15, 0.2) is 0 Å². The predicted molar refractivity (Wildman–Crippen MR) is 114 cm³/mol. The second-order valence-electron chi connectivity index (χ2n) is 7.02. The van der Waals surface area contributed by atoms with Gasteiger partial charge in [0.2, 0.25) is 0 Å². The fourth-order valence-electron chi connectivity index (χ4n) is 3.73. The number of carbonyl (C=O) groups excluding carboxylic acids is 1. The van der Waals surface area contributed by atoms with Crippen LogP contribution in [0, 0.1) is 11.7 Å². The molecule has 0 radical (unpaired) electrons. The first kappa shape index (κ1) is 22.1. The van der Waals surface area contributed by atoms with Crippen LogP contribution in [0.3, 0.4) is 0 Å². The molecule has 2 aromatic carbocycles. The maximum absolute atomic E-state index is 13.5. The fraction of sp³-hybridized carbons (Fsp3) is 0.409. The number of hydrogen-bond donors (Lipinski definition) is 1. The maximum Gasteiger partial charge on any atom is 0.343 e. The van der Waals surface area contributed by atoms with Gasteiger partial charge < -0.3 is 9.47 Å². The molecule has 30 heavy (non-hydrogen) atoms. The summed E-state index contributed by atoms with van der Waals surface area (Å²) < 4.78 is 52.5. The summed E-state index contributed by atoms with van der Waals surface area (Å²) in [7, 11) is -2.81. The lowest BCUT2D eigenvalue weighted by Crippen LogP contribution is -2.20. The summed E-state index contributed by atoms with van der Waals surface area (Å²) in [5, 5.41) is 0. The summed E-state index contributed by atoms with van der Waals surface area (Å²) in [6.07, 6.45) is 1.34. The van der Waals surface area contributed by atoms with Crippen LogP contribution in [0.25, 0.3) is 0 Å². The molecule has 0 amide bonds. The zero-order chi connectivity index (χ0) is 22.1. The molecule has 164 valence electrons. The van der Waals surface area contributed by atoms with E-state index in [1.165, 1.54) is 19.2 Å². The highest BCUT2D eigenvalue weighted by molar-refractivity contribution is 7.92. The van der Waals surface area contributed by atoms with Crippen molar-refractivity contribution in [3.63, 3.8) is 0 Å². The van der Waals surface area contributed by atoms with Crippen molar-refractivity contribution < 1.29 is 28.5 Å². The van der Waals surface area contributed by atoms with Gasteiger partial charge in [0.05, 0.1) is 24.3 Å². The molecule has 2 aromatic rings. The molecule has 2 atom stereocenters. The number of benzene rings is 2. The van der Waals surface area contributed by atoms with Crippen LogP contribution in [0.1, 0.15) is 56.0 Å². The minimum absolute atomic E-state index is 0. The second kappa shape index (κ2) is 8.63.